The van der Waals surface area contributed by atoms with Crippen molar-refractivity contribution < 1.29 is 99.3 Å². The Morgan fingerprint density at radius 2 is 1.00 bits per heavy atom. The zero-order chi connectivity index (χ0) is 76.4. The lowest BCUT2D eigenvalue weighted by atomic mass is 9.96. The maximum Gasteiger partial charge on any atom is 0.342 e. The number of carbonyl (C=O) groups excluding carboxylic acids is 2. The molecule has 5 atom stereocenters. The normalized spacial score (nSPS) is 12.1. The predicted octanol–water partition coefficient (Wildman–Crippen LogP) is 0.214. The summed E-state index contributed by atoms with van der Waals surface area (Å²) in [6.45, 7) is 3.52. The second-order valence-electron chi connectivity index (χ2n) is 16.5. The molecule has 0 aliphatic heterocycles. The SMILES string of the molecule is CC(SCCN=C(N)N)C(=O)O.NC(N)=NCCS.NC(N)=NCCSC(N)C(=O)O.NC(N)=NCCSSc1ccc([N+](=O)[O-])c(C(=O)O)c1.O.O=C(O)c1cc(S)ccc1[N+](=O)[O-].O=C(O)c1cc(SSC2=CC(C(=O)O)C([N+](=O)[O-])C=C2)ccc1[N+](=O)[O-].O=CC(=O)[O-].[B]CP.[NH4+]. The molecular weight excluding hydrogens is 1510 g/mol. The molecule has 52 heteroatoms. The molecular formula is C48H72BN18O24PS8. The Morgan fingerprint density at radius 1 is 0.630 bits per heavy atom. The second kappa shape index (κ2) is 58.9. The minimum absolute atomic E-state index is 0. The third kappa shape index (κ3) is 51.2. The number of aliphatic imine (C=N–C) groups is 4. The van der Waals surface area contributed by atoms with Crippen LogP contribution in [0.25, 0.3) is 0 Å². The van der Waals surface area contributed by atoms with Crippen molar-refractivity contribution in [1.82, 2.24) is 6.15 Å². The number of nitro groups is 4. The van der Waals surface area contributed by atoms with Crippen molar-refractivity contribution in [2.45, 2.75) is 38.3 Å². The van der Waals surface area contributed by atoms with E-state index in [9.17, 15) is 69.2 Å². The summed E-state index contributed by atoms with van der Waals surface area (Å²) in [5, 5.41) is 103. The van der Waals surface area contributed by atoms with Crippen molar-refractivity contribution in [2.75, 3.05) is 55.3 Å². The predicted molar refractivity (Wildman–Crippen MR) is 393 cm³/mol. The van der Waals surface area contributed by atoms with E-state index in [1.807, 2.05) is 0 Å². The molecule has 42 nitrogen and oxygen atoms in total. The largest absolute Gasteiger partial charge is 0.542 e. The van der Waals surface area contributed by atoms with Crippen LogP contribution in [-0.2, 0) is 24.0 Å². The van der Waals surface area contributed by atoms with E-state index in [4.69, 9.17) is 105 Å². The van der Waals surface area contributed by atoms with Gasteiger partial charge in [-0.2, -0.15) is 12.6 Å². The van der Waals surface area contributed by atoms with Gasteiger partial charge >= 0.3 is 35.8 Å². The summed E-state index contributed by atoms with van der Waals surface area (Å²) >= 11 is 10.2. The van der Waals surface area contributed by atoms with Crippen LogP contribution in [0, 0.1) is 46.4 Å². The van der Waals surface area contributed by atoms with Crippen LogP contribution in [0.1, 0.15) is 38.0 Å². The van der Waals surface area contributed by atoms with Gasteiger partial charge in [0.05, 0.1) is 54.0 Å². The Morgan fingerprint density at radius 3 is 1.33 bits per heavy atom. The van der Waals surface area contributed by atoms with Crippen LogP contribution in [-0.4, -0.2) is 207 Å². The first-order valence-electron chi connectivity index (χ1n) is 25.6. The summed E-state index contributed by atoms with van der Waals surface area (Å²) in [7, 11) is 12.0. The number of allylic oxidation sites excluding steroid dienone is 1. The van der Waals surface area contributed by atoms with Gasteiger partial charge in [-0.25, -0.2) is 19.2 Å². The van der Waals surface area contributed by atoms with Crippen molar-refractivity contribution >= 4 is 198 Å². The Hall–Kier alpha value is -9.05. The molecule has 554 valence electrons. The smallest absolute Gasteiger partial charge is 0.342 e. The molecule has 5 unspecified atom stereocenters. The molecule has 3 aromatic carbocycles. The molecule has 1 aliphatic carbocycles. The van der Waals surface area contributed by atoms with Crippen molar-refractivity contribution in [3.05, 3.63) is 135 Å². The van der Waals surface area contributed by atoms with Gasteiger partial charge in [-0.15, -0.1) is 45.4 Å². The lowest BCUT2D eigenvalue weighted by molar-refractivity contribution is -0.514. The number of carboxylic acids is 7. The van der Waals surface area contributed by atoms with Gasteiger partial charge in [-0.05, 0) is 61.5 Å². The van der Waals surface area contributed by atoms with Gasteiger partial charge in [-0.3, -0.25) is 74.8 Å². The van der Waals surface area contributed by atoms with Crippen LogP contribution < -0.4 is 62.9 Å². The summed E-state index contributed by atoms with van der Waals surface area (Å²) < 4.78 is 0. The molecule has 0 heterocycles. The number of aliphatic carboxylic acids is 4. The minimum Gasteiger partial charge on any atom is -0.542 e. The fraction of sp³-hybridized carbons (Fsp3) is 0.292. The Bertz CT molecular complexity index is 3330. The molecule has 0 saturated carbocycles. The number of carboxylic acid groups (broad SMARTS) is 7. The number of nitrogens with two attached hydrogens (primary N) is 9. The van der Waals surface area contributed by atoms with E-state index in [2.05, 4.69) is 54.5 Å². The molecule has 30 N–H and O–H groups in total. The fourth-order valence-corrected chi connectivity index (χ4v) is 10.8. The lowest BCUT2D eigenvalue weighted by Gasteiger charge is -2.16. The highest BCUT2D eigenvalue weighted by Gasteiger charge is 2.36. The Labute approximate surface area is 605 Å². The first-order valence-corrected chi connectivity index (χ1v) is 34.1. The molecule has 0 amide bonds. The number of nitro benzene ring substituents is 3. The van der Waals surface area contributed by atoms with E-state index in [0.717, 1.165) is 57.6 Å². The number of carbonyl (C=O) groups is 8. The van der Waals surface area contributed by atoms with Crippen LogP contribution in [0.15, 0.2) is 112 Å². The third-order valence-corrected chi connectivity index (χ3v) is 16.6. The summed E-state index contributed by atoms with van der Waals surface area (Å²) in [6.07, 6.45) is 3.56. The van der Waals surface area contributed by atoms with Crippen LogP contribution in [0.4, 0.5) is 17.1 Å². The quantitative estimate of drug-likeness (QED) is 0.00359. The summed E-state index contributed by atoms with van der Waals surface area (Å²) in [5.41, 5.74) is 43.2. The average molecular weight is 1580 g/mol. The van der Waals surface area contributed by atoms with Gasteiger partial charge in [0, 0.05) is 65.7 Å². The highest BCUT2D eigenvalue weighted by atomic mass is 33.1. The van der Waals surface area contributed by atoms with E-state index in [1.165, 1.54) is 81.9 Å². The van der Waals surface area contributed by atoms with Gasteiger partial charge in [0.2, 0.25) is 6.04 Å². The molecule has 0 aromatic heterocycles. The van der Waals surface area contributed by atoms with E-state index >= 15 is 0 Å². The standard InChI is InChI=1S/C14H10N2O8S2.C10H12N4O4S2.C7H5NO4S.C6H13N3O2S.C5H12N4O2S.C3H9N3S.C2H2O3.CH4BP.H3N.H2O/c17-13(18)9-5-7(1-3-11(9)15(21)22)25-26-8-2-4-12(16(23)24)10(6-8)14(19)20;11-10(12)13-3-4-19-20-6-1-2-8(14(17)18)7(5-6)9(15)16;9-7(10)5-3-4(13)1-2-6(5)8(11)12;1-4(5(10)11)12-3-2-9-6(7)8;6-3(4(10)11)12-2-1-9-5(7)8;4-3(5)6-1-2-7;3-1-2(4)5;2-1-3;;/h1-6,9,11H,(H,17,18)(H,19,20);1-2,5H,3-4H2,(H,15,16)(H4,11,12,13);1-3,13H,(H,9,10);4H,2-3H2,1H3,(H,10,11)(H4,7,8,9);3H,1-2,6H2,(H,10,11)(H4,7,8,9);7H,1-2H2,(H4,4,5,6);1H,(H,4,5);1,3H2;1H3;1H2. The number of thiol groups is 2. The fourth-order valence-electron chi connectivity index (χ4n) is 5.27. The number of hydrogen-bond acceptors (Lipinski definition) is 30. The number of hydrogen-bond donors (Lipinski definition) is 18. The molecule has 3 aromatic rings. The van der Waals surface area contributed by atoms with Crippen LogP contribution in [0.3, 0.4) is 0 Å². The minimum atomic E-state index is -1.68. The van der Waals surface area contributed by atoms with E-state index in [-0.39, 0.29) is 52.9 Å². The maximum atomic E-state index is 11.2. The average Bonchev–Trinajstić information content (AvgIpc) is 0.853. The number of thioether (sulfide) groups is 2. The highest BCUT2D eigenvalue weighted by molar-refractivity contribution is 8.78. The van der Waals surface area contributed by atoms with Crippen molar-refractivity contribution in [3.63, 3.8) is 0 Å². The van der Waals surface area contributed by atoms with Crippen molar-refractivity contribution in [1.29, 1.82) is 0 Å². The van der Waals surface area contributed by atoms with Gasteiger partial charge in [0.1, 0.15) is 34.0 Å². The number of guanidine groups is 4. The summed E-state index contributed by atoms with van der Waals surface area (Å²) in [4.78, 5) is 139. The first kappa shape index (κ1) is 102. The van der Waals surface area contributed by atoms with Gasteiger partial charge in [-0.1, -0.05) is 49.2 Å². The van der Waals surface area contributed by atoms with Gasteiger partial charge < -0.3 is 104 Å². The van der Waals surface area contributed by atoms with Gasteiger partial charge in [0.15, 0.2) is 30.1 Å². The molecule has 1 aliphatic rings. The number of quaternary nitrogens is 1. The molecule has 2 radical (unpaired) electrons. The van der Waals surface area contributed by atoms with Crippen molar-refractivity contribution in [2.24, 2.45) is 77.5 Å². The molecule has 0 saturated heterocycles. The highest BCUT2D eigenvalue weighted by Crippen LogP contribution is 2.41. The molecule has 0 fully saturated rings. The monoisotopic (exact) mass is 1580 g/mol. The van der Waals surface area contributed by atoms with E-state index in [0.29, 0.717) is 74.8 Å². The molecule has 100 heavy (non-hydrogen) atoms. The topological polar surface area (TPSA) is 805 Å². The molecule has 0 spiro atoms. The van der Waals surface area contributed by atoms with Crippen LogP contribution in [0.5, 0.6) is 0 Å². The van der Waals surface area contributed by atoms with Crippen molar-refractivity contribution in [3.8, 4) is 0 Å². The Balaban J connectivity index is -0.000000268. The first-order chi connectivity index (χ1) is 45.7. The maximum absolute atomic E-state index is 11.2. The summed E-state index contributed by atoms with van der Waals surface area (Å²) in [6, 6.07) is 10.5. The van der Waals surface area contributed by atoms with E-state index in [1.54, 1.807) is 6.92 Å². The van der Waals surface area contributed by atoms with Crippen LogP contribution >= 0.6 is 101 Å². The lowest BCUT2D eigenvalue weighted by Crippen LogP contribution is -2.33. The number of rotatable bonds is 29. The second-order valence-corrected chi connectivity index (χ2v) is 25.4. The third-order valence-electron chi connectivity index (χ3n) is 9.27. The molecule has 4 rings (SSSR count). The zero-order valence-corrected chi connectivity index (χ0v) is 59.9. The number of aldehydes is 1. The number of aromatic carboxylic acids is 3. The van der Waals surface area contributed by atoms with Crippen LogP contribution in [0.2, 0.25) is 0 Å². The molecule has 0 bridgehead atoms. The van der Waals surface area contributed by atoms with Gasteiger partial charge in [0.25, 0.3) is 17.1 Å². The summed E-state index contributed by atoms with van der Waals surface area (Å²) in [5.74, 6) is -7.66. The number of benzene rings is 3. The zero-order valence-electron chi connectivity index (χ0n) is 52.1. The van der Waals surface area contributed by atoms with E-state index < -0.39 is 107 Å². The Kier molecular flexibility index (Phi) is 60.0. The number of nitrogens with zero attached hydrogens (tertiary/aromatic N) is 8.